The second-order valence-corrected chi connectivity index (χ2v) is 10.8. The zero-order chi connectivity index (χ0) is 26.7. The molecule has 2 fully saturated rings. The Morgan fingerprint density at radius 3 is 2.34 bits per heavy atom. The third-order valence-electron chi connectivity index (χ3n) is 7.77. The molecule has 1 heterocycles. The maximum atomic E-state index is 13.4. The van der Waals surface area contributed by atoms with Crippen molar-refractivity contribution in [3.05, 3.63) is 65.7 Å². The van der Waals surface area contributed by atoms with Crippen LogP contribution in [0, 0.1) is 5.92 Å². The van der Waals surface area contributed by atoms with E-state index < -0.39 is 6.04 Å². The number of anilines is 1. The Kier molecular flexibility index (Phi) is 10.3. The van der Waals surface area contributed by atoms with Crippen LogP contribution in [0.15, 0.2) is 54.6 Å². The van der Waals surface area contributed by atoms with E-state index in [0.29, 0.717) is 38.3 Å². The molecule has 0 spiro atoms. The third-order valence-corrected chi connectivity index (χ3v) is 7.77. The molecule has 1 aliphatic heterocycles. The molecule has 1 saturated heterocycles. The third kappa shape index (κ3) is 8.42. The van der Waals surface area contributed by atoms with Crippen LogP contribution in [0.25, 0.3) is 0 Å². The van der Waals surface area contributed by atoms with Crippen LogP contribution >= 0.6 is 0 Å². The predicted molar refractivity (Wildman–Crippen MR) is 150 cm³/mol. The van der Waals surface area contributed by atoms with Gasteiger partial charge in [-0.25, -0.2) is 0 Å². The van der Waals surface area contributed by atoms with E-state index in [0.717, 1.165) is 37.1 Å². The molecule has 4 rings (SSSR count). The van der Waals surface area contributed by atoms with Crippen LogP contribution in [-0.4, -0.2) is 47.8 Å². The summed E-state index contributed by atoms with van der Waals surface area (Å²) in [5, 5.41) is 9.51. The van der Waals surface area contributed by atoms with Gasteiger partial charge in [0, 0.05) is 50.6 Å². The number of nitrogens with zero attached hydrogens (tertiary/aromatic N) is 1. The highest BCUT2D eigenvalue weighted by Gasteiger charge is 2.31. The molecule has 2 aromatic rings. The Labute approximate surface area is 226 Å². The molecule has 0 bridgehead atoms. The number of hydrogen-bond donors (Lipinski definition) is 3. The molecule has 2 atom stereocenters. The number of rotatable bonds is 11. The number of nitrogens with one attached hydrogen (secondary N) is 3. The number of carbonyl (C=O) groups excluding carboxylic acids is 3. The minimum Gasteiger partial charge on any atom is -0.344 e. The zero-order valence-corrected chi connectivity index (χ0v) is 22.6. The van der Waals surface area contributed by atoms with Gasteiger partial charge >= 0.3 is 0 Å². The maximum Gasteiger partial charge on any atom is 0.245 e. The van der Waals surface area contributed by atoms with Gasteiger partial charge in [0.05, 0.1) is 0 Å². The molecule has 0 aromatic heterocycles. The van der Waals surface area contributed by atoms with Crippen LogP contribution in [0.5, 0.6) is 0 Å². The van der Waals surface area contributed by atoms with Crippen molar-refractivity contribution in [1.82, 2.24) is 15.5 Å². The molecule has 3 N–H and O–H groups in total. The van der Waals surface area contributed by atoms with Gasteiger partial charge in [-0.05, 0) is 48.4 Å². The zero-order valence-electron chi connectivity index (χ0n) is 22.6. The molecule has 2 aliphatic rings. The maximum absolute atomic E-state index is 13.4. The summed E-state index contributed by atoms with van der Waals surface area (Å²) in [6.45, 7) is 3.88. The van der Waals surface area contributed by atoms with Gasteiger partial charge in [0.15, 0.2) is 0 Å². The van der Waals surface area contributed by atoms with Gasteiger partial charge in [-0.1, -0.05) is 68.7 Å². The number of hydrogen-bond acceptors (Lipinski definition) is 4. The van der Waals surface area contributed by atoms with Gasteiger partial charge in [-0.3, -0.25) is 14.4 Å². The fourth-order valence-electron chi connectivity index (χ4n) is 5.53. The van der Waals surface area contributed by atoms with Gasteiger partial charge in [0.25, 0.3) is 0 Å². The molecule has 1 saturated carbocycles. The second kappa shape index (κ2) is 14.1. The van der Waals surface area contributed by atoms with Gasteiger partial charge in [0.2, 0.25) is 17.7 Å². The standard InChI is InChI=1S/C31H42N4O3/c1-2-29(36)34-28(31(38)35-18-17-27(22-35)32-21-25-11-7-4-8-12-25)19-24-13-15-26(16-14-24)33-30(37)20-23-9-5-3-6-10-23/h4,7-8,11-16,23,27-28,32H,2-3,5-6,9-10,17-22H2,1H3,(H,33,37)(H,34,36)/t27-,28+/m0/s1. The van der Waals surface area contributed by atoms with Gasteiger partial charge < -0.3 is 20.9 Å². The van der Waals surface area contributed by atoms with E-state index in [2.05, 4.69) is 28.1 Å². The minimum atomic E-state index is -0.609. The van der Waals surface area contributed by atoms with Crippen molar-refractivity contribution in [2.75, 3.05) is 18.4 Å². The fourth-order valence-corrected chi connectivity index (χ4v) is 5.53. The van der Waals surface area contributed by atoms with Crippen molar-refractivity contribution >= 4 is 23.4 Å². The molecule has 2 aromatic carbocycles. The van der Waals surface area contributed by atoms with Gasteiger partial charge in [-0.15, -0.1) is 0 Å². The SMILES string of the molecule is CCC(=O)N[C@H](Cc1ccc(NC(=O)CC2CCCCC2)cc1)C(=O)N1CC[C@H](NCc2ccccc2)C1. The number of amides is 3. The van der Waals surface area contributed by atoms with Crippen molar-refractivity contribution in [3.63, 3.8) is 0 Å². The van der Waals surface area contributed by atoms with Crippen LogP contribution < -0.4 is 16.0 Å². The Morgan fingerprint density at radius 2 is 1.63 bits per heavy atom. The molecule has 1 aliphatic carbocycles. The first-order valence-electron chi connectivity index (χ1n) is 14.2. The van der Waals surface area contributed by atoms with E-state index in [-0.39, 0.29) is 23.8 Å². The van der Waals surface area contributed by atoms with E-state index in [1.54, 1.807) is 6.92 Å². The van der Waals surface area contributed by atoms with E-state index >= 15 is 0 Å². The van der Waals surface area contributed by atoms with Crippen LogP contribution in [0.3, 0.4) is 0 Å². The molecule has 0 radical (unpaired) electrons. The number of carbonyl (C=O) groups is 3. The van der Waals surface area contributed by atoms with Crippen molar-refractivity contribution < 1.29 is 14.4 Å². The lowest BCUT2D eigenvalue weighted by Gasteiger charge is -2.25. The first-order chi connectivity index (χ1) is 18.5. The monoisotopic (exact) mass is 518 g/mol. The van der Waals surface area contributed by atoms with E-state index in [4.69, 9.17) is 0 Å². The first kappa shape index (κ1) is 27.8. The van der Waals surface area contributed by atoms with Crippen molar-refractivity contribution in [1.29, 1.82) is 0 Å². The lowest BCUT2D eigenvalue weighted by atomic mass is 9.87. The average molecular weight is 519 g/mol. The highest BCUT2D eigenvalue weighted by Crippen LogP contribution is 2.26. The normalized spacial score (nSPS) is 18.7. The van der Waals surface area contributed by atoms with Gasteiger partial charge in [-0.2, -0.15) is 0 Å². The highest BCUT2D eigenvalue weighted by molar-refractivity contribution is 5.91. The summed E-state index contributed by atoms with van der Waals surface area (Å²) in [6.07, 6.45) is 8.24. The molecular formula is C31H42N4O3. The molecular weight excluding hydrogens is 476 g/mol. The summed E-state index contributed by atoms with van der Waals surface area (Å²) >= 11 is 0. The van der Waals surface area contributed by atoms with Crippen molar-refractivity contribution in [2.45, 2.75) is 83.3 Å². The Hall–Kier alpha value is -3.19. The molecule has 38 heavy (non-hydrogen) atoms. The Bertz CT molecular complexity index is 1050. The van der Waals surface area contributed by atoms with E-state index in [9.17, 15) is 14.4 Å². The minimum absolute atomic E-state index is 0.0410. The van der Waals surface area contributed by atoms with Crippen LogP contribution in [0.1, 0.15) is 69.4 Å². The summed E-state index contributed by atoms with van der Waals surface area (Å²) in [4.78, 5) is 40.0. The fraction of sp³-hybridized carbons (Fsp3) is 0.516. The van der Waals surface area contributed by atoms with E-state index in [1.807, 2.05) is 47.4 Å². The summed E-state index contributed by atoms with van der Waals surface area (Å²) in [5.74, 6) is 0.390. The molecule has 204 valence electrons. The van der Waals surface area contributed by atoms with Crippen LogP contribution in [0.2, 0.25) is 0 Å². The number of benzene rings is 2. The largest absolute Gasteiger partial charge is 0.344 e. The lowest BCUT2D eigenvalue weighted by Crippen LogP contribution is -2.49. The molecule has 7 heteroatoms. The predicted octanol–water partition coefficient (Wildman–Crippen LogP) is 4.42. The average Bonchev–Trinajstić information content (AvgIpc) is 3.42. The van der Waals surface area contributed by atoms with Crippen LogP contribution in [-0.2, 0) is 27.3 Å². The number of likely N-dealkylation sites (tertiary alicyclic amines) is 1. The lowest BCUT2D eigenvalue weighted by molar-refractivity contribution is -0.135. The van der Waals surface area contributed by atoms with E-state index in [1.165, 1.54) is 24.8 Å². The smallest absolute Gasteiger partial charge is 0.245 e. The molecule has 7 nitrogen and oxygen atoms in total. The Balaban J connectivity index is 1.30. The summed E-state index contributed by atoms with van der Waals surface area (Å²) < 4.78 is 0. The van der Waals surface area contributed by atoms with Gasteiger partial charge in [0.1, 0.15) is 6.04 Å². The molecule has 0 unspecified atom stereocenters. The summed E-state index contributed by atoms with van der Waals surface area (Å²) in [7, 11) is 0. The summed E-state index contributed by atoms with van der Waals surface area (Å²) in [6, 6.07) is 17.5. The van der Waals surface area contributed by atoms with Crippen molar-refractivity contribution in [2.24, 2.45) is 5.92 Å². The van der Waals surface area contributed by atoms with Crippen molar-refractivity contribution in [3.8, 4) is 0 Å². The Morgan fingerprint density at radius 1 is 0.895 bits per heavy atom. The summed E-state index contributed by atoms with van der Waals surface area (Å²) in [5.41, 5.74) is 2.93. The highest BCUT2D eigenvalue weighted by atomic mass is 16.2. The topological polar surface area (TPSA) is 90.5 Å². The quantitative estimate of drug-likeness (QED) is 0.411. The van der Waals surface area contributed by atoms with Crippen LogP contribution in [0.4, 0.5) is 5.69 Å². The first-order valence-corrected chi connectivity index (χ1v) is 14.2. The second-order valence-electron chi connectivity index (χ2n) is 10.8. The molecule has 3 amide bonds.